The van der Waals surface area contributed by atoms with Crippen molar-refractivity contribution < 1.29 is 49.4 Å². The molecule has 0 bridgehead atoms. The van der Waals surface area contributed by atoms with Crippen LogP contribution in [0.2, 0.25) is 0 Å². The van der Waals surface area contributed by atoms with E-state index in [1.54, 1.807) is 13.1 Å². The predicted octanol–water partition coefficient (Wildman–Crippen LogP) is -2.43. The van der Waals surface area contributed by atoms with Gasteiger partial charge in [0.25, 0.3) is 0 Å². The number of aliphatic hydroxyl groups is 1. The van der Waals surface area contributed by atoms with E-state index < -0.39 is 18.0 Å². The Kier molecular flexibility index (Phi) is 6.96. The first kappa shape index (κ1) is 21.4. The number of aliphatic hydroxyl groups excluding tert-OH is 1. The third-order valence-electron chi connectivity index (χ3n) is 4.85. The van der Waals surface area contributed by atoms with Crippen molar-refractivity contribution in [3.8, 4) is 0 Å². The van der Waals surface area contributed by atoms with Gasteiger partial charge < -0.3 is 19.9 Å². The van der Waals surface area contributed by atoms with Gasteiger partial charge in [-0.15, -0.1) is 11.8 Å². The zero-order valence-electron chi connectivity index (χ0n) is 15.4. The van der Waals surface area contributed by atoms with Crippen LogP contribution in [0.1, 0.15) is 26.5 Å². The Balaban J connectivity index is 0.00000243. The van der Waals surface area contributed by atoms with Crippen molar-refractivity contribution in [3.63, 3.8) is 0 Å². The first-order valence-corrected chi connectivity index (χ1v) is 9.24. The van der Waals surface area contributed by atoms with E-state index in [9.17, 15) is 19.8 Å². The number of hydrogen-bond donors (Lipinski definition) is 1. The summed E-state index contributed by atoms with van der Waals surface area (Å²) in [7, 11) is 0. The molecule has 2 aliphatic rings. The molecule has 1 saturated heterocycles. The van der Waals surface area contributed by atoms with Gasteiger partial charge in [0.05, 0.1) is 29.7 Å². The van der Waals surface area contributed by atoms with Crippen LogP contribution >= 0.6 is 11.8 Å². The van der Waals surface area contributed by atoms with Gasteiger partial charge in [0.15, 0.2) is 0 Å². The quantitative estimate of drug-likeness (QED) is 0.433. The smallest absolute Gasteiger partial charge is 0.543 e. The number of carboxylic acid groups (broad SMARTS) is 1. The molecule has 26 heavy (non-hydrogen) atoms. The SMILES string of the molecule is CC(Cc1ccccn1)SC1=C(C(=O)[O-])N2C(=O)C(C(C)O)C2C1C.[Na+]. The van der Waals surface area contributed by atoms with Gasteiger partial charge in [-0.2, -0.15) is 0 Å². The summed E-state index contributed by atoms with van der Waals surface area (Å²) < 4.78 is 0. The topological polar surface area (TPSA) is 93.6 Å². The summed E-state index contributed by atoms with van der Waals surface area (Å²) >= 11 is 1.45. The van der Waals surface area contributed by atoms with Crippen LogP contribution in [0.5, 0.6) is 0 Å². The number of pyridine rings is 1. The molecule has 6 nitrogen and oxygen atoms in total. The average molecular weight is 384 g/mol. The van der Waals surface area contributed by atoms with Crippen LogP contribution in [0.4, 0.5) is 0 Å². The molecule has 3 rings (SSSR count). The van der Waals surface area contributed by atoms with Crippen molar-refractivity contribution in [2.45, 2.75) is 44.6 Å². The van der Waals surface area contributed by atoms with E-state index in [1.807, 2.05) is 32.0 Å². The van der Waals surface area contributed by atoms with E-state index in [-0.39, 0.29) is 58.4 Å². The summed E-state index contributed by atoms with van der Waals surface area (Å²) in [6, 6.07) is 5.40. The number of β-lactam (4-membered cyclic amide) rings is 1. The molecule has 134 valence electrons. The monoisotopic (exact) mass is 384 g/mol. The molecule has 0 spiro atoms. The number of carboxylic acids is 1. The molecule has 0 aromatic carbocycles. The minimum atomic E-state index is -1.33. The number of carbonyl (C=O) groups is 2. The van der Waals surface area contributed by atoms with Gasteiger partial charge in [0.2, 0.25) is 5.91 Å². The molecule has 1 amide bonds. The molecule has 1 N–H and O–H groups in total. The molecule has 5 unspecified atom stereocenters. The summed E-state index contributed by atoms with van der Waals surface area (Å²) in [4.78, 5) is 30.2. The molecular formula is C18H21N2NaO4S. The van der Waals surface area contributed by atoms with E-state index in [1.165, 1.54) is 16.7 Å². The second kappa shape index (κ2) is 8.44. The summed E-state index contributed by atoms with van der Waals surface area (Å²) in [6.07, 6.45) is 1.63. The van der Waals surface area contributed by atoms with Crippen molar-refractivity contribution in [2.24, 2.45) is 11.8 Å². The number of amides is 1. The summed E-state index contributed by atoms with van der Waals surface area (Å²) in [5, 5.41) is 21.6. The van der Waals surface area contributed by atoms with Gasteiger partial charge in [0, 0.05) is 34.4 Å². The fourth-order valence-corrected chi connectivity index (χ4v) is 5.08. The molecule has 8 heteroatoms. The number of aliphatic carboxylic acids is 1. The maximum Gasteiger partial charge on any atom is 1.00 e. The Hall–Kier alpha value is -0.860. The standard InChI is InChI=1S/C18H22N2O4S.Na/c1-9(8-12-6-4-5-7-19-12)25-16-10(2)14-13(11(3)21)17(22)20(14)15(16)18(23)24;/h4-7,9-11,13-14,21H,8H2,1-3H3,(H,23,24);/q;+1/p-1. The van der Waals surface area contributed by atoms with Crippen molar-refractivity contribution >= 4 is 23.6 Å². The third kappa shape index (κ3) is 3.73. The summed E-state index contributed by atoms with van der Waals surface area (Å²) in [5.74, 6) is -2.35. The number of carbonyl (C=O) groups excluding carboxylic acids is 2. The molecule has 0 saturated carbocycles. The summed E-state index contributed by atoms with van der Waals surface area (Å²) in [6.45, 7) is 5.49. The van der Waals surface area contributed by atoms with Crippen molar-refractivity contribution in [2.75, 3.05) is 0 Å². The number of thioether (sulfide) groups is 1. The number of rotatable bonds is 6. The van der Waals surface area contributed by atoms with E-state index in [2.05, 4.69) is 4.98 Å². The van der Waals surface area contributed by atoms with Crippen LogP contribution in [0, 0.1) is 11.8 Å². The number of fused-ring (bicyclic) bond motifs is 1. The molecule has 0 radical (unpaired) electrons. The van der Waals surface area contributed by atoms with Crippen LogP contribution < -0.4 is 34.7 Å². The number of hydrogen-bond acceptors (Lipinski definition) is 6. The first-order valence-electron chi connectivity index (χ1n) is 8.36. The van der Waals surface area contributed by atoms with Crippen LogP contribution in [-0.2, 0) is 16.0 Å². The molecule has 5 atom stereocenters. The Bertz CT molecular complexity index is 725. The Morgan fingerprint density at radius 1 is 1.42 bits per heavy atom. The van der Waals surface area contributed by atoms with Gasteiger partial charge >= 0.3 is 29.6 Å². The number of nitrogens with zero attached hydrogens (tertiary/aromatic N) is 2. The first-order chi connectivity index (χ1) is 11.8. The molecule has 1 aromatic rings. The normalized spacial score (nSPS) is 26.7. The molecule has 2 aliphatic heterocycles. The van der Waals surface area contributed by atoms with Gasteiger partial charge in [-0.25, -0.2) is 0 Å². The van der Waals surface area contributed by atoms with Crippen LogP contribution in [-0.4, -0.2) is 44.3 Å². The van der Waals surface area contributed by atoms with Crippen LogP contribution in [0.15, 0.2) is 35.0 Å². The zero-order valence-corrected chi connectivity index (χ0v) is 18.2. The Morgan fingerprint density at radius 2 is 2.12 bits per heavy atom. The third-order valence-corrected chi connectivity index (χ3v) is 6.24. The molecule has 3 heterocycles. The average Bonchev–Trinajstić information content (AvgIpc) is 2.77. The second-order valence-corrected chi connectivity index (χ2v) is 8.19. The van der Waals surface area contributed by atoms with Crippen molar-refractivity contribution in [3.05, 3.63) is 40.7 Å². The van der Waals surface area contributed by atoms with Crippen molar-refractivity contribution in [1.29, 1.82) is 0 Å². The molecule has 1 fully saturated rings. The second-order valence-electron chi connectivity index (χ2n) is 6.71. The van der Waals surface area contributed by atoms with Gasteiger partial charge in [-0.05, 0) is 19.1 Å². The minimum absolute atomic E-state index is 0. The summed E-state index contributed by atoms with van der Waals surface area (Å²) in [5.41, 5.74) is 0.905. The minimum Gasteiger partial charge on any atom is -0.543 e. The Morgan fingerprint density at radius 3 is 2.65 bits per heavy atom. The molecule has 1 aromatic heterocycles. The van der Waals surface area contributed by atoms with Gasteiger partial charge in [-0.1, -0.05) is 19.9 Å². The zero-order chi connectivity index (χ0) is 18.3. The number of aromatic nitrogens is 1. The van der Waals surface area contributed by atoms with Crippen LogP contribution in [0.3, 0.4) is 0 Å². The fraction of sp³-hybridized carbons (Fsp3) is 0.500. The van der Waals surface area contributed by atoms with Gasteiger partial charge in [-0.3, -0.25) is 9.78 Å². The molecule has 0 aliphatic carbocycles. The van der Waals surface area contributed by atoms with E-state index in [4.69, 9.17) is 0 Å². The predicted molar refractivity (Wildman–Crippen MR) is 92.0 cm³/mol. The van der Waals surface area contributed by atoms with E-state index in [0.717, 1.165) is 5.69 Å². The Labute approximate surface area is 179 Å². The van der Waals surface area contributed by atoms with Gasteiger partial charge in [0.1, 0.15) is 0 Å². The van der Waals surface area contributed by atoms with Crippen LogP contribution in [0.25, 0.3) is 0 Å². The maximum absolute atomic E-state index is 12.3. The largest absolute Gasteiger partial charge is 1.00 e. The molecular weight excluding hydrogens is 363 g/mol. The van der Waals surface area contributed by atoms with E-state index >= 15 is 0 Å². The van der Waals surface area contributed by atoms with Crippen molar-refractivity contribution in [1.82, 2.24) is 9.88 Å². The maximum atomic E-state index is 12.3. The van der Waals surface area contributed by atoms with E-state index in [0.29, 0.717) is 11.3 Å². The fourth-order valence-electron chi connectivity index (χ4n) is 3.74.